The fraction of sp³-hybridized carbons (Fsp3) is 0.286. The van der Waals surface area contributed by atoms with Gasteiger partial charge in [-0.05, 0) is 39.0 Å². The largest absolute Gasteiger partial charge is 0.331 e. The third-order valence-corrected chi connectivity index (χ3v) is 4.50. The molecule has 3 aromatic rings. The van der Waals surface area contributed by atoms with Crippen molar-refractivity contribution in [1.82, 2.24) is 14.5 Å². The Hall–Kier alpha value is -1.68. The fourth-order valence-corrected chi connectivity index (χ4v) is 2.96. The van der Waals surface area contributed by atoms with Crippen molar-refractivity contribution in [1.29, 1.82) is 0 Å². The number of rotatable bonds is 1. The van der Waals surface area contributed by atoms with E-state index in [9.17, 15) is 0 Å². The Kier molecular flexibility index (Phi) is 2.48. The Labute approximate surface area is 110 Å². The molecule has 0 amide bonds. The van der Waals surface area contributed by atoms with E-state index in [1.165, 1.54) is 10.4 Å². The molecule has 4 heteroatoms. The van der Waals surface area contributed by atoms with Gasteiger partial charge in [0.2, 0.25) is 0 Å². The number of aryl methyl sites for hydroxylation is 4. The second-order valence-electron chi connectivity index (χ2n) is 4.58. The highest BCUT2D eigenvalue weighted by molar-refractivity contribution is 7.15. The van der Waals surface area contributed by atoms with Gasteiger partial charge in [0.05, 0.1) is 16.7 Å². The number of nitrogens with zero attached hydrogens (tertiary/aromatic N) is 3. The molecule has 2 heterocycles. The molecule has 0 bridgehead atoms. The lowest BCUT2D eigenvalue weighted by Crippen LogP contribution is -1.89. The van der Waals surface area contributed by atoms with Gasteiger partial charge >= 0.3 is 0 Å². The zero-order valence-electron chi connectivity index (χ0n) is 11.0. The van der Waals surface area contributed by atoms with E-state index in [0.29, 0.717) is 0 Å². The van der Waals surface area contributed by atoms with E-state index in [-0.39, 0.29) is 0 Å². The lowest BCUT2D eigenvalue weighted by atomic mass is 10.2. The molecule has 0 fully saturated rings. The van der Waals surface area contributed by atoms with E-state index in [1.54, 1.807) is 11.3 Å². The van der Waals surface area contributed by atoms with Gasteiger partial charge in [0, 0.05) is 17.5 Å². The number of hydrogen-bond donors (Lipinski definition) is 0. The zero-order chi connectivity index (χ0) is 12.9. The van der Waals surface area contributed by atoms with Gasteiger partial charge in [-0.25, -0.2) is 9.97 Å². The van der Waals surface area contributed by atoms with Gasteiger partial charge in [-0.3, -0.25) is 0 Å². The molecule has 0 aliphatic rings. The van der Waals surface area contributed by atoms with Crippen LogP contribution in [0.3, 0.4) is 0 Å². The number of fused-ring (bicyclic) bond motifs is 1. The SMILES string of the molecule is Cc1nc(-c2ccc3c(c2)nc(C)n3C)sc1C. The molecule has 0 aliphatic heterocycles. The maximum Gasteiger partial charge on any atom is 0.123 e. The van der Waals surface area contributed by atoms with Crippen LogP contribution in [-0.4, -0.2) is 14.5 Å². The van der Waals surface area contributed by atoms with Crippen molar-refractivity contribution in [3.8, 4) is 10.6 Å². The number of hydrogen-bond acceptors (Lipinski definition) is 3. The summed E-state index contributed by atoms with van der Waals surface area (Å²) >= 11 is 1.74. The van der Waals surface area contributed by atoms with Gasteiger partial charge in [0.25, 0.3) is 0 Å². The smallest absolute Gasteiger partial charge is 0.123 e. The first-order valence-corrected chi connectivity index (χ1v) is 6.75. The number of thiazole rings is 1. The average Bonchev–Trinajstić information content (AvgIpc) is 2.81. The fourth-order valence-electron chi connectivity index (χ4n) is 2.05. The van der Waals surface area contributed by atoms with Crippen LogP contribution in [0, 0.1) is 20.8 Å². The van der Waals surface area contributed by atoms with E-state index < -0.39 is 0 Å². The Morgan fingerprint density at radius 2 is 1.89 bits per heavy atom. The van der Waals surface area contributed by atoms with Crippen molar-refractivity contribution < 1.29 is 0 Å². The monoisotopic (exact) mass is 257 g/mol. The minimum absolute atomic E-state index is 1.04. The second kappa shape index (κ2) is 3.92. The van der Waals surface area contributed by atoms with E-state index >= 15 is 0 Å². The van der Waals surface area contributed by atoms with Crippen molar-refractivity contribution in [2.24, 2.45) is 7.05 Å². The maximum atomic E-state index is 4.60. The van der Waals surface area contributed by atoms with E-state index in [4.69, 9.17) is 0 Å². The summed E-state index contributed by atoms with van der Waals surface area (Å²) in [6.07, 6.45) is 0. The molecule has 0 unspecified atom stereocenters. The molecular weight excluding hydrogens is 242 g/mol. The van der Waals surface area contributed by atoms with E-state index in [2.05, 4.69) is 46.6 Å². The minimum atomic E-state index is 1.04. The van der Waals surface area contributed by atoms with Crippen molar-refractivity contribution in [3.05, 3.63) is 34.6 Å². The summed E-state index contributed by atoms with van der Waals surface area (Å²) in [7, 11) is 2.04. The standard InChI is InChI=1S/C14H15N3S/c1-8-9(2)18-14(15-8)11-5-6-13-12(7-11)16-10(3)17(13)4/h5-7H,1-4H3. The molecule has 0 radical (unpaired) electrons. The maximum absolute atomic E-state index is 4.60. The van der Waals surface area contributed by atoms with Crippen LogP contribution >= 0.6 is 11.3 Å². The Bertz CT molecular complexity index is 717. The number of imidazole rings is 1. The highest BCUT2D eigenvalue weighted by atomic mass is 32.1. The predicted molar refractivity (Wildman–Crippen MR) is 76.0 cm³/mol. The van der Waals surface area contributed by atoms with Crippen LogP contribution in [0.2, 0.25) is 0 Å². The van der Waals surface area contributed by atoms with Crippen LogP contribution < -0.4 is 0 Å². The van der Waals surface area contributed by atoms with Crippen LogP contribution in [0.1, 0.15) is 16.4 Å². The number of aromatic nitrogens is 3. The molecule has 0 saturated heterocycles. The number of benzene rings is 1. The third kappa shape index (κ3) is 1.64. The topological polar surface area (TPSA) is 30.7 Å². The van der Waals surface area contributed by atoms with E-state index in [0.717, 1.165) is 27.6 Å². The zero-order valence-corrected chi connectivity index (χ0v) is 11.8. The van der Waals surface area contributed by atoms with Crippen molar-refractivity contribution in [3.63, 3.8) is 0 Å². The summed E-state index contributed by atoms with van der Waals surface area (Å²) in [6, 6.07) is 6.37. The van der Waals surface area contributed by atoms with Crippen molar-refractivity contribution in [2.75, 3.05) is 0 Å². The van der Waals surface area contributed by atoms with Gasteiger partial charge in [0.1, 0.15) is 10.8 Å². The summed E-state index contributed by atoms with van der Waals surface area (Å²) in [5, 5.41) is 1.08. The summed E-state index contributed by atoms with van der Waals surface area (Å²) in [6.45, 7) is 6.19. The predicted octanol–water partition coefficient (Wildman–Crippen LogP) is 3.62. The van der Waals surface area contributed by atoms with Crippen LogP contribution in [-0.2, 0) is 7.05 Å². The van der Waals surface area contributed by atoms with Gasteiger partial charge in [-0.1, -0.05) is 0 Å². The molecule has 0 atom stereocenters. The second-order valence-corrected chi connectivity index (χ2v) is 5.79. The minimum Gasteiger partial charge on any atom is -0.331 e. The molecule has 3 rings (SSSR count). The molecule has 92 valence electrons. The Morgan fingerprint density at radius 3 is 2.56 bits per heavy atom. The van der Waals surface area contributed by atoms with Crippen LogP contribution in [0.15, 0.2) is 18.2 Å². The quantitative estimate of drug-likeness (QED) is 0.666. The first-order valence-electron chi connectivity index (χ1n) is 5.94. The van der Waals surface area contributed by atoms with Crippen LogP contribution in [0.25, 0.3) is 21.6 Å². The molecule has 2 aromatic heterocycles. The van der Waals surface area contributed by atoms with Crippen molar-refractivity contribution in [2.45, 2.75) is 20.8 Å². The van der Waals surface area contributed by atoms with Gasteiger partial charge in [-0.15, -0.1) is 11.3 Å². The Balaban J connectivity index is 2.19. The lowest BCUT2D eigenvalue weighted by molar-refractivity contribution is 0.886. The lowest BCUT2D eigenvalue weighted by Gasteiger charge is -1.98. The Morgan fingerprint density at radius 1 is 1.11 bits per heavy atom. The molecule has 0 spiro atoms. The molecule has 18 heavy (non-hydrogen) atoms. The van der Waals surface area contributed by atoms with Gasteiger partial charge in [-0.2, -0.15) is 0 Å². The summed E-state index contributed by atoms with van der Waals surface area (Å²) < 4.78 is 2.11. The highest BCUT2D eigenvalue weighted by Crippen LogP contribution is 2.29. The first kappa shape index (κ1) is 11.4. The van der Waals surface area contributed by atoms with E-state index in [1.807, 2.05) is 14.0 Å². The highest BCUT2D eigenvalue weighted by Gasteiger charge is 2.09. The van der Waals surface area contributed by atoms with Gasteiger partial charge < -0.3 is 4.57 Å². The normalized spacial score (nSPS) is 11.3. The summed E-state index contributed by atoms with van der Waals surface area (Å²) in [4.78, 5) is 10.4. The molecule has 3 nitrogen and oxygen atoms in total. The first-order chi connectivity index (χ1) is 8.56. The molecule has 1 aromatic carbocycles. The van der Waals surface area contributed by atoms with Crippen LogP contribution in [0.5, 0.6) is 0 Å². The summed E-state index contributed by atoms with van der Waals surface area (Å²) in [5.41, 5.74) is 4.48. The van der Waals surface area contributed by atoms with Gasteiger partial charge in [0.15, 0.2) is 0 Å². The van der Waals surface area contributed by atoms with Crippen LogP contribution in [0.4, 0.5) is 0 Å². The third-order valence-electron chi connectivity index (χ3n) is 3.38. The molecule has 0 aliphatic carbocycles. The summed E-state index contributed by atoms with van der Waals surface area (Å²) in [5.74, 6) is 1.04. The molecular formula is C14H15N3S. The van der Waals surface area contributed by atoms with Crippen molar-refractivity contribution >= 4 is 22.4 Å². The molecule has 0 N–H and O–H groups in total. The average molecular weight is 257 g/mol. The molecule has 0 saturated carbocycles.